The minimum atomic E-state index is -2.81. The molecule has 0 N–H and O–H groups in total. The number of allylic oxidation sites excluding steroid dienone is 1. The molecule has 0 unspecified atom stereocenters. The largest absolute Gasteiger partial charge is 0.147 e. The van der Waals surface area contributed by atoms with Gasteiger partial charge in [-0.15, -0.1) is 12.4 Å². The third-order valence-corrected chi connectivity index (χ3v) is 13.5. The average molecular weight is 573 g/mol. The summed E-state index contributed by atoms with van der Waals surface area (Å²) in [6.07, 6.45) is 5.89. The maximum absolute atomic E-state index is 4.97. The molecule has 0 saturated carbocycles. The van der Waals surface area contributed by atoms with E-state index >= 15 is 0 Å². The molecule has 3 rings (SSSR count). The van der Waals surface area contributed by atoms with Gasteiger partial charge in [-0.1, -0.05) is 0 Å². The van der Waals surface area contributed by atoms with Crippen molar-refractivity contribution >= 4 is 37.1 Å². The standard InChI is InChI=1S/2C12H17.C3H2N2.C3H5.ClH.Pd/c2*1-9(2)11-6-5-7-12(8-11)10(3)4;1-2-5-3-4-1;1-3-2;;/h2*5-7,9-10H,1-4H3;1-2H;3H,1-2H2;1H;. The van der Waals surface area contributed by atoms with Crippen molar-refractivity contribution in [3.8, 4) is 0 Å². The van der Waals surface area contributed by atoms with E-state index in [-0.39, 0.29) is 12.4 Å². The van der Waals surface area contributed by atoms with Crippen molar-refractivity contribution < 1.29 is 15.1 Å². The van der Waals surface area contributed by atoms with E-state index in [1.807, 2.05) is 12.4 Å². The normalized spacial score (nSPS) is 13.9. The zero-order valence-corrected chi connectivity index (χ0v) is 24.4. The number of benzene rings is 2. The molecule has 0 aromatic heterocycles. The Balaban J connectivity index is 0.00000408. The zero-order chi connectivity index (χ0) is 24.3. The van der Waals surface area contributed by atoms with Gasteiger partial charge in [0.1, 0.15) is 0 Å². The van der Waals surface area contributed by atoms with Crippen molar-refractivity contribution in [2.24, 2.45) is 9.98 Å². The van der Waals surface area contributed by atoms with Crippen molar-refractivity contribution in [1.29, 1.82) is 0 Å². The molecule has 0 aliphatic carbocycles. The van der Waals surface area contributed by atoms with Gasteiger partial charge >= 0.3 is 205 Å². The van der Waals surface area contributed by atoms with Gasteiger partial charge in [0.2, 0.25) is 0 Å². The number of hydrogen-bond donors (Lipinski definition) is 0. The summed E-state index contributed by atoms with van der Waals surface area (Å²) in [5, 5.41) is 0. The van der Waals surface area contributed by atoms with Gasteiger partial charge in [0, 0.05) is 0 Å². The molecule has 1 aliphatic heterocycles. The molecule has 189 valence electrons. The van der Waals surface area contributed by atoms with Crippen LogP contribution in [0.1, 0.15) is 101 Å². The average Bonchev–Trinajstić information content (AvgIpc) is 3.31. The van der Waals surface area contributed by atoms with Crippen molar-refractivity contribution in [3.63, 3.8) is 0 Å². The third-order valence-electron chi connectivity index (χ3n) is 6.01. The first kappa shape index (κ1) is 28.6. The Labute approximate surface area is 216 Å². The first-order valence-corrected chi connectivity index (χ1v) is 15.5. The number of halogens is 1. The van der Waals surface area contributed by atoms with Crippen LogP contribution in [-0.2, 0) is 15.1 Å². The Kier molecular flexibility index (Phi) is 9.96. The van der Waals surface area contributed by atoms with Gasteiger partial charge in [-0.3, -0.25) is 0 Å². The monoisotopic (exact) mass is 571 g/mol. The van der Waals surface area contributed by atoms with Gasteiger partial charge in [-0.25, -0.2) is 0 Å². The summed E-state index contributed by atoms with van der Waals surface area (Å²) in [5.74, 6) is 1.67. The molecule has 2 aromatic rings. The van der Waals surface area contributed by atoms with E-state index in [0.29, 0.717) is 23.7 Å². The Morgan fingerprint density at radius 2 is 1.00 bits per heavy atom. The first-order valence-electron chi connectivity index (χ1n) is 12.1. The van der Waals surface area contributed by atoms with Crippen LogP contribution in [0.4, 0.5) is 0 Å². The summed E-state index contributed by atoms with van der Waals surface area (Å²) in [6.45, 7) is 22.9. The fraction of sp³-hybridized carbons (Fsp3) is 0.433. The molecule has 2 aromatic carbocycles. The molecule has 0 saturated heterocycles. The summed E-state index contributed by atoms with van der Waals surface area (Å²) in [7, 11) is 0. The fourth-order valence-corrected chi connectivity index (χ4v) is 13.3. The van der Waals surface area contributed by atoms with Gasteiger partial charge in [-0.2, -0.15) is 0 Å². The second-order valence-corrected chi connectivity index (χ2v) is 15.5. The van der Waals surface area contributed by atoms with Crippen LogP contribution < -0.4 is 8.07 Å². The van der Waals surface area contributed by atoms with Crippen LogP contribution in [0.25, 0.3) is 0 Å². The molecule has 0 radical (unpaired) electrons. The van der Waals surface area contributed by atoms with Crippen LogP contribution in [0, 0.1) is 0 Å². The summed E-state index contributed by atoms with van der Waals surface area (Å²) in [4.78, 5) is 10.8. The van der Waals surface area contributed by atoms with Gasteiger partial charge < -0.3 is 0 Å². The van der Waals surface area contributed by atoms with Crippen LogP contribution in [0.15, 0.2) is 59.0 Å². The van der Waals surface area contributed by atoms with Gasteiger partial charge in [0.05, 0.1) is 0 Å². The van der Waals surface area contributed by atoms with Crippen molar-refractivity contribution in [2.75, 3.05) is 0 Å². The van der Waals surface area contributed by atoms with Crippen molar-refractivity contribution in [2.45, 2.75) is 84.0 Å². The Morgan fingerprint density at radius 3 is 1.26 bits per heavy atom. The van der Waals surface area contributed by atoms with E-state index in [0.717, 1.165) is 9.12 Å². The fourth-order valence-electron chi connectivity index (χ4n) is 4.35. The molecule has 0 bridgehead atoms. The van der Waals surface area contributed by atoms with Crippen LogP contribution in [0.3, 0.4) is 0 Å². The van der Waals surface area contributed by atoms with E-state index in [1.54, 1.807) is 0 Å². The van der Waals surface area contributed by atoms with E-state index < -0.39 is 15.1 Å². The molecule has 2 nitrogen and oxygen atoms in total. The molecule has 4 heteroatoms. The quantitative estimate of drug-likeness (QED) is 0.231. The summed E-state index contributed by atoms with van der Waals surface area (Å²) >= 11 is -2.81. The minimum Gasteiger partial charge on any atom is -0.147 e. The number of nitrogens with zero attached hydrogens (tertiary/aromatic N) is 2. The predicted molar refractivity (Wildman–Crippen MR) is 153 cm³/mol. The molecular weight excluding hydrogens is 530 g/mol. The van der Waals surface area contributed by atoms with Crippen molar-refractivity contribution in [3.05, 3.63) is 71.3 Å². The summed E-state index contributed by atoms with van der Waals surface area (Å²) < 4.78 is 4.07. The molecule has 1 aliphatic rings. The Bertz CT molecular complexity index is 1000. The summed E-state index contributed by atoms with van der Waals surface area (Å²) in [6, 6.07) is 13.9. The Morgan fingerprint density at radius 1 is 0.676 bits per heavy atom. The van der Waals surface area contributed by atoms with Crippen LogP contribution >= 0.6 is 12.4 Å². The zero-order valence-electron chi connectivity index (χ0n) is 22.0. The van der Waals surface area contributed by atoms with E-state index in [1.165, 1.54) is 30.3 Å². The maximum Gasteiger partial charge on any atom is -0.147 e. The summed E-state index contributed by atoms with van der Waals surface area (Å²) in [5.41, 5.74) is 5.77. The van der Waals surface area contributed by atoms with E-state index in [2.05, 4.69) is 104 Å². The van der Waals surface area contributed by atoms with Gasteiger partial charge in [-0.05, 0) is 0 Å². The maximum atomic E-state index is 4.97. The van der Waals surface area contributed by atoms with Crippen LogP contribution in [0.5, 0.6) is 0 Å². The SMILES string of the molecule is C=C[CH2][Pd](=[C]1N=CC=N1)([c]1c(C(C)C)cccc1C(C)C)[c]1c(C(C)C)cccc1C(C)C.Cl. The van der Waals surface area contributed by atoms with E-state index in [9.17, 15) is 0 Å². The van der Waals surface area contributed by atoms with Crippen LogP contribution in [0.2, 0.25) is 4.89 Å². The van der Waals surface area contributed by atoms with Gasteiger partial charge in [0.15, 0.2) is 0 Å². The third kappa shape index (κ3) is 5.13. The minimum absolute atomic E-state index is 0. The predicted octanol–water partition coefficient (Wildman–Crippen LogP) is 7.55. The molecule has 1 heterocycles. The van der Waals surface area contributed by atoms with Gasteiger partial charge in [0.25, 0.3) is 0 Å². The number of rotatable bonds is 8. The molecule has 0 fully saturated rings. The smallest absolute Gasteiger partial charge is 0.147 e. The topological polar surface area (TPSA) is 24.7 Å². The number of hydrogen-bond acceptors (Lipinski definition) is 2. The molecule has 34 heavy (non-hydrogen) atoms. The number of aliphatic imine (C=N–C) groups is 2. The first-order chi connectivity index (χ1) is 15.7. The second kappa shape index (κ2) is 11.9. The molecular formula is C30H42ClN2Pd. The van der Waals surface area contributed by atoms with E-state index in [4.69, 9.17) is 9.98 Å². The van der Waals surface area contributed by atoms with Crippen molar-refractivity contribution in [1.82, 2.24) is 0 Å². The molecule has 0 spiro atoms. The Hall–Kier alpha value is -1.66. The molecule has 0 atom stereocenters. The molecule has 0 amide bonds. The second-order valence-electron chi connectivity index (χ2n) is 9.85. The van der Waals surface area contributed by atoms with Crippen LogP contribution in [-0.4, -0.2) is 16.7 Å².